The Morgan fingerprint density at radius 2 is 1.80 bits per heavy atom. The van der Waals surface area contributed by atoms with Crippen LogP contribution >= 0.6 is 11.3 Å². The van der Waals surface area contributed by atoms with Gasteiger partial charge in [0.2, 0.25) is 10.0 Å². The van der Waals surface area contributed by atoms with Crippen molar-refractivity contribution in [3.63, 3.8) is 0 Å². The molecule has 0 unspecified atom stereocenters. The summed E-state index contributed by atoms with van der Waals surface area (Å²) in [5.74, 6) is -3.36. The number of aliphatic carboxylic acids is 1. The molecular weight excluding hydrogens is 610 g/mol. The van der Waals surface area contributed by atoms with Crippen molar-refractivity contribution in [1.82, 2.24) is 14.3 Å². The second kappa shape index (κ2) is 12.4. The van der Waals surface area contributed by atoms with Crippen molar-refractivity contribution in [2.45, 2.75) is 26.7 Å². The van der Waals surface area contributed by atoms with Gasteiger partial charge in [-0.25, -0.2) is 27.2 Å². The zero-order chi connectivity index (χ0) is 31.8. The van der Waals surface area contributed by atoms with Gasteiger partial charge < -0.3 is 14.9 Å². The van der Waals surface area contributed by atoms with Gasteiger partial charge >= 0.3 is 5.97 Å². The van der Waals surface area contributed by atoms with Gasteiger partial charge in [-0.05, 0) is 55.3 Å². The van der Waals surface area contributed by atoms with Crippen LogP contribution < -0.4 is 9.80 Å². The first-order valence-corrected chi connectivity index (χ1v) is 16.4. The van der Waals surface area contributed by atoms with Crippen LogP contribution in [0.5, 0.6) is 0 Å². The molecule has 44 heavy (non-hydrogen) atoms. The van der Waals surface area contributed by atoms with Crippen molar-refractivity contribution < 1.29 is 27.1 Å². The first-order valence-electron chi connectivity index (χ1n) is 13.9. The topological polar surface area (TPSA) is 131 Å². The van der Waals surface area contributed by atoms with Crippen LogP contribution in [0.2, 0.25) is 0 Å². The number of pyridine rings is 1. The standard InChI is InChI=1S/C30H30F2N6O4S2/c1-4-38(30-35-28(26(16-33)43-30)19-5-7-20(31)8-6-19)25-15-24(18(2)3)34-29-22(25)13-21(14-23(29)32)36-9-11-37(12-10-36)44(41,42)17-27(39)40/h5-8,13-15,18H,4,9-12,17H2,1-3H3,(H,39,40). The van der Waals surface area contributed by atoms with Gasteiger partial charge in [0, 0.05) is 55.1 Å². The Morgan fingerprint density at radius 1 is 1.11 bits per heavy atom. The fourth-order valence-corrected chi connectivity index (χ4v) is 7.34. The molecule has 1 aliphatic rings. The van der Waals surface area contributed by atoms with E-state index in [1.807, 2.05) is 42.7 Å². The fourth-order valence-electron chi connectivity index (χ4n) is 5.16. The molecule has 3 heterocycles. The number of fused-ring (bicyclic) bond motifs is 1. The molecule has 1 aliphatic heterocycles. The van der Waals surface area contributed by atoms with Crippen LogP contribution in [-0.2, 0) is 14.8 Å². The normalized spacial score (nSPS) is 14.2. The molecule has 0 atom stereocenters. The summed E-state index contributed by atoms with van der Waals surface area (Å²) in [6.07, 6.45) is 0. The van der Waals surface area contributed by atoms with Gasteiger partial charge in [0.05, 0.1) is 5.69 Å². The maximum atomic E-state index is 15.8. The van der Waals surface area contributed by atoms with E-state index in [2.05, 4.69) is 11.1 Å². The van der Waals surface area contributed by atoms with E-state index in [-0.39, 0.29) is 37.6 Å². The largest absolute Gasteiger partial charge is 0.480 e. The molecule has 5 rings (SSSR count). The van der Waals surface area contributed by atoms with Gasteiger partial charge in [0.25, 0.3) is 0 Å². The van der Waals surface area contributed by atoms with Crippen molar-refractivity contribution in [3.05, 3.63) is 64.7 Å². The van der Waals surface area contributed by atoms with E-state index >= 15 is 4.39 Å². The summed E-state index contributed by atoms with van der Waals surface area (Å²) in [5.41, 5.74) is 3.05. The minimum absolute atomic E-state index is 0.0162. The second-order valence-corrected chi connectivity index (χ2v) is 13.6. The average Bonchev–Trinajstić information content (AvgIpc) is 3.41. The van der Waals surface area contributed by atoms with Crippen LogP contribution in [0.15, 0.2) is 42.5 Å². The van der Waals surface area contributed by atoms with E-state index in [4.69, 9.17) is 10.1 Å². The van der Waals surface area contributed by atoms with Gasteiger partial charge in [0.15, 0.2) is 16.7 Å². The number of halogens is 2. The van der Waals surface area contributed by atoms with Gasteiger partial charge in [0.1, 0.15) is 28.0 Å². The SMILES string of the molecule is CCN(c1nc(-c2ccc(F)cc2)c(C#N)s1)c1cc(C(C)C)nc2c(F)cc(N3CCN(S(=O)(=O)CC(=O)O)CC3)cc12. The minimum Gasteiger partial charge on any atom is -0.480 e. The first-order chi connectivity index (χ1) is 20.9. The van der Waals surface area contributed by atoms with Crippen LogP contribution in [0.3, 0.4) is 0 Å². The number of sulfonamides is 1. The van der Waals surface area contributed by atoms with Gasteiger partial charge in [-0.2, -0.15) is 9.57 Å². The van der Waals surface area contributed by atoms with E-state index in [9.17, 15) is 22.9 Å². The number of thiazole rings is 1. The molecule has 2 aromatic heterocycles. The summed E-state index contributed by atoms with van der Waals surface area (Å²) in [7, 11) is -3.95. The Balaban J connectivity index is 1.57. The zero-order valence-corrected chi connectivity index (χ0v) is 25.9. The number of aromatic nitrogens is 2. The van der Waals surface area contributed by atoms with Crippen LogP contribution in [0.25, 0.3) is 22.2 Å². The molecule has 0 radical (unpaired) electrons. The molecule has 4 aromatic rings. The van der Waals surface area contributed by atoms with Crippen LogP contribution in [0.1, 0.15) is 37.3 Å². The number of piperazine rings is 1. The summed E-state index contributed by atoms with van der Waals surface area (Å²) in [6, 6.07) is 13.0. The van der Waals surface area contributed by atoms with E-state index < -0.39 is 33.4 Å². The van der Waals surface area contributed by atoms with Crippen LogP contribution in [0.4, 0.5) is 25.3 Å². The van der Waals surface area contributed by atoms with Gasteiger partial charge in [-0.15, -0.1) is 0 Å². The number of carbonyl (C=O) groups is 1. The lowest BCUT2D eigenvalue weighted by atomic mass is 10.0. The fraction of sp³-hybridized carbons (Fsp3) is 0.333. The molecule has 0 saturated carbocycles. The summed E-state index contributed by atoms with van der Waals surface area (Å²) < 4.78 is 55.4. The molecule has 10 nitrogen and oxygen atoms in total. The van der Waals surface area contributed by atoms with Crippen molar-refractivity contribution in [3.8, 4) is 17.3 Å². The molecule has 0 aliphatic carbocycles. The third-order valence-corrected chi connectivity index (χ3v) is 10.2. The molecule has 1 fully saturated rings. The first kappa shape index (κ1) is 31.2. The molecule has 2 aromatic carbocycles. The molecule has 1 N–H and O–H groups in total. The predicted molar refractivity (Wildman–Crippen MR) is 166 cm³/mol. The summed E-state index contributed by atoms with van der Waals surface area (Å²) in [4.78, 5) is 24.5. The number of benzene rings is 2. The monoisotopic (exact) mass is 640 g/mol. The Labute approximate surface area is 257 Å². The predicted octanol–water partition coefficient (Wildman–Crippen LogP) is 5.33. The lowest BCUT2D eigenvalue weighted by Crippen LogP contribution is -2.50. The highest BCUT2D eigenvalue weighted by Gasteiger charge is 2.30. The number of nitriles is 1. The number of nitrogens with zero attached hydrogens (tertiary/aromatic N) is 6. The highest BCUT2D eigenvalue weighted by atomic mass is 32.2. The number of hydrogen-bond donors (Lipinski definition) is 1. The van der Waals surface area contributed by atoms with Crippen LogP contribution in [0, 0.1) is 23.0 Å². The lowest BCUT2D eigenvalue weighted by Gasteiger charge is -2.35. The van der Waals surface area contributed by atoms with Gasteiger partial charge in [-0.3, -0.25) is 4.79 Å². The lowest BCUT2D eigenvalue weighted by molar-refractivity contribution is -0.134. The Bertz CT molecular complexity index is 1870. The maximum Gasteiger partial charge on any atom is 0.320 e. The maximum absolute atomic E-state index is 15.8. The molecule has 230 valence electrons. The Morgan fingerprint density at radius 3 is 2.39 bits per heavy atom. The summed E-state index contributed by atoms with van der Waals surface area (Å²) >= 11 is 1.18. The van der Waals surface area contributed by atoms with Gasteiger partial charge in [-0.1, -0.05) is 25.2 Å². The zero-order valence-electron chi connectivity index (χ0n) is 24.3. The average molecular weight is 641 g/mol. The van der Waals surface area contributed by atoms with Crippen LogP contribution in [-0.4, -0.2) is 72.2 Å². The molecule has 0 amide bonds. The molecule has 1 saturated heterocycles. The number of carboxylic acids is 1. The highest BCUT2D eigenvalue weighted by Crippen LogP contribution is 2.41. The molecular formula is C30H30F2N6O4S2. The Hall–Kier alpha value is -4.19. The quantitative estimate of drug-likeness (QED) is 0.258. The van der Waals surface area contributed by atoms with Crippen molar-refractivity contribution in [2.75, 3.05) is 48.3 Å². The number of rotatable bonds is 9. The number of hydrogen-bond acceptors (Lipinski definition) is 9. The molecule has 14 heteroatoms. The third kappa shape index (κ3) is 6.21. The Kier molecular flexibility index (Phi) is 8.83. The highest BCUT2D eigenvalue weighted by molar-refractivity contribution is 7.89. The summed E-state index contributed by atoms with van der Waals surface area (Å²) in [5, 5.41) is 19.9. The third-order valence-electron chi connectivity index (χ3n) is 7.42. The smallest absolute Gasteiger partial charge is 0.320 e. The van der Waals surface area contributed by atoms with E-state index in [0.29, 0.717) is 50.3 Å². The van der Waals surface area contributed by atoms with Crippen molar-refractivity contribution in [2.24, 2.45) is 0 Å². The molecule has 0 spiro atoms. The van der Waals surface area contributed by atoms with E-state index in [1.165, 1.54) is 29.5 Å². The number of anilines is 3. The van der Waals surface area contributed by atoms with E-state index in [0.717, 1.165) is 4.31 Å². The number of carboxylic acid groups (broad SMARTS) is 1. The van der Waals surface area contributed by atoms with E-state index in [1.54, 1.807) is 12.1 Å². The van der Waals surface area contributed by atoms with Crippen molar-refractivity contribution >= 4 is 54.7 Å². The van der Waals surface area contributed by atoms with Crippen molar-refractivity contribution in [1.29, 1.82) is 5.26 Å². The minimum atomic E-state index is -3.95. The molecule has 0 bridgehead atoms. The second-order valence-electron chi connectivity index (χ2n) is 10.6. The summed E-state index contributed by atoms with van der Waals surface area (Å²) in [6.45, 7) is 6.89.